The second kappa shape index (κ2) is 10.2. The van der Waals surface area contributed by atoms with E-state index >= 15 is 0 Å². The molecule has 0 unspecified atom stereocenters. The van der Waals surface area contributed by atoms with E-state index in [2.05, 4.69) is 5.32 Å². The lowest BCUT2D eigenvalue weighted by Gasteiger charge is -2.13. The van der Waals surface area contributed by atoms with Gasteiger partial charge in [-0.2, -0.15) is 0 Å². The Labute approximate surface area is 159 Å². The van der Waals surface area contributed by atoms with Crippen LogP contribution >= 0.6 is 0 Å². The van der Waals surface area contributed by atoms with Crippen molar-refractivity contribution in [1.82, 2.24) is 5.32 Å². The Balaban J connectivity index is 1.91. The summed E-state index contributed by atoms with van der Waals surface area (Å²) in [5.41, 5.74) is 1.68. The Hall–Kier alpha value is -3.02. The molecule has 0 aliphatic carbocycles. The van der Waals surface area contributed by atoms with Crippen molar-refractivity contribution >= 4 is 11.9 Å². The molecule has 0 aliphatic rings. The summed E-state index contributed by atoms with van der Waals surface area (Å²) in [7, 11) is 0. The van der Waals surface area contributed by atoms with Gasteiger partial charge in [-0.25, -0.2) is 4.79 Å². The Bertz CT molecular complexity index is 788. The van der Waals surface area contributed by atoms with Crippen molar-refractivity contribution in [3.8, 4) is 11.5 Å². The van der Waals surface area contributed by atoms with Crippen LogP contribution in [0.2, 0.25) is 0 Å². The van der Waals surface area contributed by atoms with Gasteiger partial charge in [0.2, 0.25) is 5.91 Å². The van der Waals surface area contributed by atoms with Crippen molar-refractivity contribution in [2.24, 2.45) is 0 Å². The summed E-state index contributed by atoms with van der Waals surface area (Å²) in [5, 5.41) is 12.0. The number of carboxylic acids is 1. The van der Waals surface area contributed by atoms with Crippen LogP contribution in [0.1, 0.15) is 35.3 Å². The van der Waals surface area contributed by atoms with E-state index in [1.807, 2.05) is 32.0 Å². The van der Waals surface area contributed by atoms with Crippen LogP contribution in [0.15, 0.2) is 42.5 Å². The minimum atomic E-state index is -1.03. The zero-order valence-corrected chi connectivity index (χ0v) is 15.7. The molecule has 144 valence electrons. The average molecular weight is 371 g/mol. The van der Waals surface area contributed by atoms with Crippen LogP contribution < -0.4 is 14.8 Å². The molecule has 6 heteroatoms. The second-order valence-electron chi connectivity index (χ2n) is 5.89. The number of ether oxygens (including phenoxy) is 2. The molecule has 0 fully saturated rings. The van der Waals surface area contributed by atoms with E-state index < -0.39 is 5.97 Å². The number of carboxylic acid groups (broad SMARTS) is 1. The zero-order chi connectivity index (χ0) is 19.6. The van der Waals surface area contributed by atoms with Gasteiger partial charge in [0.25, 0.3) is 0 Å². The molecule has 0 saturated carbocycles. The van der Waals surface area contributed by atoms with Crippen LogP contribution in [0.3, 0.4) is 0 Å². The molecule has 2 aromatic rings. The van der Waals surface area contributed by atoms with Gasteiger partial charge in [-0.3, -0.25) is 4.79 Å². The topological polar surface area (TPSA) is 84.9 Å². The molecule has 0 saturated heterocycles. The quantitative estimate of drug-likeness (QED) is 0.670. The minimum Gasteiger partial charge on any atom is -0.490 e. The van der Waals surface area contributed by atoms with Gasteiger partial charge in [-0.05, 0) is 49.6 Å². The number of aromatic carboxylic acids is 1. The fraction of sp³-hybridized carbons (Fsp3) is 0.333. The Morgan fingerprint density at radius 1 is 1.00 bits per heavy atom. The number of hydrogen-bond acceptors (Lipinski definition) is 4. The second-order valence-corrected chi connectivity index (χ2v) is 5.89. The van der Waals surface area contributed by atoms with E-state index in [9.17, 15) is 14.7 Å². The van der Waals surface area contributed by atoms with Gasteiger partial charge >= 0.3 is 5.97 Å². The van der Waals surface area contributed by atoms with E-state index in [0.29, 0.717) is 43.2 Å². The third kappa shape index (κ3) is 6.02. The predicted molar refractivity (Wildman–Crippen MR) is 103 cm³/mol. The van der Waals surface area contributed by atoms with E-state index in [0.717, 1.165) is 5.56 Å². The van der Waals surface area contributed by atoms with Crippen molar-refractivity contribution in [1.29, 1.82) is 0 Å². The van der Waals surface area contributed by atoms with Gasteiger partial charge in [0, 0.05) is 6.54 Å². The molecule has 0 atom stereocenters. The van der Waals surface area contributed by atoms with Crippen LogP contribution in [-0.2, 0) is 17.6 Å². The molecule has 2 N–H and O–H groups in total. The summed E-state index contributed by atoms with van der Waals surface area (Å²) >= 11 is 0. The van der Waals surface area contributed by atoms with Crippen molar-refractivity contribution in [3.63, 3.8) is 0 Å². The summed E-state index contributed by atoms with van der Waals surface area (Å²) in [6.45, 7) is 5.39. The summed E-state index contributed by atoms with van der Waals surface area (Å²) in [6, 6.07) is 12.3. The molecule has 0 radical (unpaired) electrons. The van der Waals surface area contributed by atoms with Gasteiger partial charge in [0.15, 0.2) is 11.5 Å². The van der Waals surface area contributed by atoms with E-state index in [1.165, 1.54) is 6.07 Å². The first-order chi connectivity index (χ1) is 13.0. The highest BCUT2D eigenvalue weighted by Crippen LogP contribution is 2.28. The normalized spacial score (nSPS) is 10.3. The van der Waals surface area contributed by atoms with E-state index in [1.54, 1.807) is 18.2 Å². The Morgan fingerprint density at radius 3 is 2.41 bits per heavy atom. The number of nitrogens with one attached hydrogen (secondary N) is 1. The maximum atomic E-state index is 12.1. The van der Waals surface area contributed by atoms with Crippen LogP contribution in [0.5, 0.6) is 11.5 Å². The number of hydrogen-bond donors (Lipinski definition) is 2. The number of carbonyl (C=O) groups excluding carboxylic acids is 1. The third-order valence-corrected chi connectivity index (χ3v) is 3.94. The largest absolute Gasteiger partial charge is 0.490 e. The monoisotopic (exact) mass is 371 g/mol. The van der Waals surface area contributed by atoms with Gasteiger partial charge in [-0.15, -0.1) is 0 Å². The van der Waals surface area contributed by atoms with Gasteiger partial charge in [0.05, 0.1) is 25.2 Å². The highest BCUT2D eigenvalue weighted by Gasteiger charge is 2.12. The van der Waals surface area contributed by atoms with Crippen molar-refractivity contribution in [2.75, 3.05) is 19.8 Å². The first-order valence-electron chi connectivity index (χ1n) is 9.01. The van der Waals surface area contributed by atoms with Crippen LogP contribution in [0.25, 0.3) is 0 Å². The number of carbonyl (C=O) groups is 2. The Kier molecular flexibility index (Phi) is 7.67. The number of amides is 1. The van der Waals surface area contributed by atoms with Crippen LogP contribution in [0, 0.1) is 0 Å². The highest BCUT2D eigenvalue weighted by molar-refractivity contribution is 5.91. The molecule has 2 aromatic carbocycles. The summed E-state index contributed by atoms with van der Waals surface area (Å²) in [4.78, 5) is 23.3. The van der Waals surface area contributed by atoms with Gasteiger partial charge in [-0.1, -0.05) is 24.3 Å². The molecule has 0 bridgehead atoms. The van der Waals surface area contributed by atoms with Crippen molar-refractivity contribution in [3.05, 3.63) is 59.2 Å². The highest BCUT2D eigenvalue weighted by atomic mass is 16.5. The molecule has 27 heavy (non-hydrogen) atoms. The maximum Gasteiger partial charge on any atom is 0.335 e. The predicted octanol–water partition coefficient (Wildman–Crippen LogP) is 3.08. The standard InChI is InChI=1S/C21H25NO5/c1-3-26-18-10-9-15(13-19(18)27-4-2)11-12-22-20(23)14-16-7-5-6-8-17(16)21(24)25/h5-10,13H,3-4,11-12,14H2,1-2H3,(H,22,23)(H,24,25). The van der Waals surface area contributed by atoms with Crippen molar-refractivity contribution < 1.29 is 24.2 Å². The van der Waals surface area contributed by atoms with Crippen molar-refractivity contribution in [2.45, 2.75) is 26.7 Å². The lowest BCUT2D eigenvalue weighted by Crippen LogP contribution is -2.27. The fourth-order valence-corrected chi connectivity index (χ4v) is 2.72. The van der Waals surface area contributed by atoms with E-state index in [4.69, 9.17) is 9.47 Å². The average Bonchev–Trinajstić information content (AvgIpc) is 2.64. The molecule has 0 aliphatic heterocycles. The maximum absolute atomic E-state index is 12.1. The molecule has 6 nitrogen and oxygen atoms in total. The molecule has 1 amide bonds. The van der Waals surface area contributed by atoms with E-state index in [-0.39, 0.29) is 17.9 Å². The molecular formula is C21H25NO5. The van der Waals surface area contributed by atoms with Gasteiger partial charge in [0.1, 0.15) is 0 Å². The minimum absolute atomic E-state index is 0.0376. The molecule has 0 heterocycles. The summed E-state index contributed by atoms with van der Waals surface area (Å²) in [6.07, 6.45) is 0.675. The fourth-order valence-electron chi connectivity index (χ4n) is 2.72. The summed E-state index contributed by atoms with van der Waals surface area (Å²) < 4.78 is 11.1. The first-order valence-corrected chi connectivity index (χ1v) is 9.01. The smallest absolute Gasteiger partial charge is 0.335 e. The Morgan fingerprint density at radius 2 is 1.70 bits per heavy atom. The lowest BCUT2D eigenvalue weighted by molar-refractivity contribution is -0.120. The van der Waals surface area contributed by atoms with Gasteiger partial charge < -0.3 is 19.9 Å². The molecule has 0 spiro atoms. The number of benzene rings is 2. The lowest BCUT2D eigenvalue weighted by atomic mass is 10.0. The molecule has 2 rings (SSSR count). The third-order valence-electron chi connectivity index (χ3n) is 3.94. The zero-order valence-electron chi connectivity index (χ0n) is 15.7. The molecular weight excluding hydrogens is 346 g/mol. The van der Waals surface area contributed by atoms with Crippen LogP contribution in [-0.4, -0.2) is 36.7 Å². The van der Waals surface area contributed by atoms with Crippen LogP contribution in [0.4, 0.5) is 0 Å². The summed E-state index contributed by atoms with van der Waals surface area (Å²) in [5.74, 6) is 0.159. The SMILES string of the molecule is CCOc1ccc(CCNC(=O)Cc2ccccc2C(=O)O)cc1OCC. The molecule has 0 aromatic heterocycles. The first kappa shape index (κ1) is 20.3. The number of rotatable bonds is 10.